The fourth-order valence-electron chi connectivity index (χ4n) is 1.60. The van der Waals surface area contributed by atoms with Crippen LogP contribution in [-0.2, 0) is 20.5 Å². The number of hydrogen-bond acceptors (Lipinski definition) is 3. The molecule has 0 amide bonds. The minimum atomic E-state index is -3.22. The van der Waals surface area contributed by atoms with Crippen LogP contribution in [0.1, 0.15) is 11.1 Å². The summed E-state index contributed by atoms with van der Waals surface area (Å²) in [6.07, 6.45) is 0. The van der Waals surface area contributed by atoms with Gasteiger partial charge < -0.3 is 4.74 Å². The van der Waals surface area contributed by atoms with E-state index in [-0.39, 0.29) is 12.5 Å². The van der Waals surface area contributed by atoms with Gasteiger partial charge in [0.05, 0.1) is 12.4 Å². The maximum atomic E-state index is 11.9. The van der Waals surface area contributed by atoms with E-state index in [0.29, 0.717) is 13.2 Å². The molecule has 1 heterocycles. The van der Waals surface area contributed by atoms with Crippen LogP contribution in [-0.4, -0.2) is 32.6 Å². The van der Waals surface area contributed by atoms with Gasteiger partial charge in [-0.15, -0.1) is 0 Å². The summed E-state index contributed by atoms with van der Waals surface area (Å²) in [6.45, 7) is 3.13. The lowest BCUT2D eigenvalue weighted by atomic mass is 10.2. The highest BCUT2D eigenvalue weighted by Crippen LogP contribution is 2.14. The third kappa shape index (κ3) is 2.61. The maximum Gasteiger partial charge on any atom is 0.220 e. The molecule has 16 heavy (non-hydrogen) atoms. The fourth-order valence-corrected chi connectivity index (χ4v) is 2.99. The van der Waals surface area contributed by atoms with Gasteiger partial charge in [-0.3, -0.25) is 0 Å². The fraction of sp³-hybridized carbons (Fsp3) is 0.455. The Hall–Kier alpha value is -0.910. The number of nitrogens with zero attached hydrogens (tertiary/aromatic N) is 1. The van der Waals surface area contributed by atoms with E-state index in [2.05, 4.69) is 0 Å². The molecule has 0 atom stereocenters. The Morgan fingerprint density at radius 1 is 1.31 bits per heavy atom. The second-order valence-electron chi connectivity index (χ2n) is 3.95. The number of aryl methyl sites for hydroxylation is 1. The van der Waals surface area contributed by atoms with E-state index in [4.69, 9.17) is 4.74 Å². The molecule has 1 saturated heterocycles. The molecule has 0 unspecified atom stereocenters. The molecule has 88 valence electrons. The lowest BCUT2D eigenvalue weighted by Gasteiger charge is -2.13. The van der Waals surface area contributed by atoms with Gasteiger partial charge in [0.1, 0.15) is 6.73 Å². The molecule has 2 rings (SSSR count). The van der Waals surface area contributed by atoms with Crippen LogP contribution in [0.2, 0.25) is 0 Å². The molecule has 0 aromatic heterocycles. The normalized spacial score (nSPS) is 17.8. The molecular formula is C11H15NO3S. The van der Waals surface area contributed by atoms with Crippen molar-refractivity contribution >= 4 is 10.0 Å². The molecule has 0 bridgehead atoms. The van der Waals surface area contributed by atoms with Gasteiger partial charge >= 0.3 is 0 Å². The predicted octanol–water partition coefficient (Wildman–Crippen LogP) is 1.11. The van der Waals surface area contributed by atoms with Gasteiger partial charge in [0.15, 0.2) is 0 Å². The topological polar surface area (TPSA) is 46.6 Å². The van der Waals surface area contributed by atoms with E-state index in [1.165, 1.54) is 4.31 Å². The summed E-state index contributed by atoms with van der Waals surface area (Å²) in [5.74, 6) is 0.0522. The smallest absolute Gasteiger partial charge is 0.220 e. The molecule has 5 heteroatoms. The molecular weight excluding hydrogens is 226 g/mol. The Morgan fingerprint density at radius 3 is 2.56 bits per heavy atom. The van der Waals surface area contributed by atoms with Crippen LogP contribution in [0.15, 0.2) is 24.3 Å². The van der Waals surface area contributed by atoms with Gasteiger partial charge in [0, 0.05) is 6.54 Å². The Labute approximate surface area is 95.9 Å². The van der Waals surface area contributed by atoms with Gasteiger partial charge in [-0.2, -0.15) is 4.31 Å². The van der Waals surface area contributed by atoms with E-state index in [1.54, 1.807) is 0 Å². The molecule has 0 N–H and O–H groups in total. The summed E-state index contributed by atoms with van der Waals surface area (Å²) in [5.41, 5.74) is 1.95. The van der Waals surface area contributed by atoms with Crippen molar-refractivity contribution in [2.75, 3.05) is 19.9 Å². The lowest BCUT2D eigenvalue weighted by molar-refractivity contribution is 0.172. The number of rotatable bonds is 3. The molecule has 0 radical (unpaired) electrons. The van der Waals surface area contributed by atoms with E-state index in [0.717, 1.165) is 11.1 Å². The summed E-state index contributed by atoms with van der Waals surface area (Å²) < 4.78 is 30.3. The summed E-state index contributed by atoms with van der Waals surface area (Å²) in [7, 11) is -3.22. The quantitative estimate of drug-likeness (QED) is 0.796. The van der Waals surface area contributed by atoms with Gasteiger partial charge in [0.2, 0.25) is 10.0 Å². The molecule has 4 nitrogen and oxygen atoms in total. The zero-order valence-corrected chi connectivity index (χ0v) is 10.0. The Bertz CT molecular complexity index is 447. The van der Waals surface area contributed by atoms with Crippen molar-refractivity contribution in [2.24, 2.45) is 0 Å². The standard InChI is InChI=1S/C11H15NO3S/c1-10-2-4-11(5-3-10)8-16(13,14)12-6-7-15-9-12/h2-5H,6-9H2,1H3. The average Bonchev–Trinajstić information content (AvgIpc) is 2.75. The van der Waals surface area contributed by atoms with E-state index in [9.17, 15) is 8.42 Å². The van der Waals surface area contributed by atoms with Crippen molar-refractivity contribution in [1.29, 1.82) is 0 Å². The van der Waals surface area contributed by atoms with Crippen LogP contribution in [0.4, 0.5) is 0 Å². The number of benzene rings is 1. The third-order valence-corrected chi connectivity index (χ3v) is 4.36. The Balaban J connectivity index is 2.11. The first-order valence-electron chi connectivity index (χ1n) is 5.19. The van der Waals surface area contributed by atoms with Gasteiger partial charge in [-0.25, -0.2) is 8.42 Å². The second kappa shape index (κ2) is 4.53. The Morgan fingerprint density at radius 2 is 2.00 bits per heavy atom. The minimum Gasteiger partial charge on any atom is -0.364 e. The van der Waals surface area contributed by atoms with Crippen molar-refractivity contribution in [3.8, 4) is 0 Å². The lowest BCUT2D eigenvalue weighted by Crippen LogP contribution is -2.29. The van der Waals surface area contributed by atoms with Crippen molar-refractivity contribution < 1.29 is 13.2 Å². The summed E-state index contributed by atoms with van der Waals surface area (Å²) in [5, 5.41) is 0. The first-order chi connectivity index (χ1) is 7.58. The SMILES string of the molecule is Cc1ccc(CS(=O)(=O)N2CCOC2)cc1. The number of ether oxygens (including phenoxy) is 1. The number of hydrogen-bond donors (Lipinski definition) is 0. The van der Waals surface area contributed by atoms with Crippen LogP contribution < -0.4 is 0 Å². The highest BCUT2D eigenvalue weighted by Gasteiger charge is 2.25. The van der Waals surface area contributed by atoms with Crippen LogP contribution >= 0.6 is 0 Å². The molecule has 1 aromatic carbocycles. The average molecular weight is 241 g/mol. The first-order valence-corrected chi connectivity index (χ1v) is 6.80. The molecule has 0 spiro atoms. The van der Waals surface area contributed by atoms with Crippen molar-refractivity contribution in [3.05, 3.63) is 35.4 Å². The molecule has 0 aliphatic carbocycles. The zero-order valence-electron chi connectivity index (χ0n) is 9.22. The van der Waals surface area contributed by atoms with Crippen LogP contribution in [0, 0.1) is 6.92 Å². The second-order valence-corrected chi connectivity index (χ2v) is 5.92. The predicted molar refractivity (Wildman–Crippen MR) is 61.3 cm³/mol. The van der Waals surface area contributed by atoms with Crippen LogP contribution in [0.5, 0.6) is 0 Å². The maximum absolute atomic E-state index is 11.9. The summed E-state index contributed by atoms with van der Waals surface area (Å²) in [6, 6.07) is 7.55. The highest BCUT2D eigenvalue weighted by molar-refractivity contribution is 7.88. The van der Waals surface area contributed by atoms with Crippen LogP contribution in [0.3, 0.4) is 0 Å². The molecule has 1 fully saturated rings. The van der Waals surface area contributed by atoms with Gasteiger partial charge in [-0.1, -0.05) is 29.8 Å². The zero-order chi connectivity index (χ0) is 11.6. The highest BCUT2D eigenvalue weighted by atomic mass is 32.2. The van der Waals surface area contributed by atoms with E-state index < -0.39 is 10.0 Å². The largest absolute Gasteiger partial charge is 0.364 e. The summed E-state index contributed by atoms with van der Waals surface area (Å²) >= 11 is 0. The molecule has 0 saturated carbocycles. The molecule has 1 aliphatic rings. The monoisotopic (exact) mass is 241 g/mol. The molecule has 1 aromatic rings. The summed E-state index contributed by atoms with van der Waals surface area (Å²) in [4.78, 5) is 0. The first kappa shape index (κ1) is 11.6. The van der Waals surface area contributed by atoms with E-state index >= 15 is 0 Å². The van der Waals surface area contributed by atoms with Gasteiger partial charge in [-0.05, 0) is 12.5 Å². The number of sulfonamides is 1. The van der Waals surface area contributed by atoms with Crippen molar-refractivity contribution in [1.82, 2.24) is 4.31 Å². The third-order valence-electron chi connectivity index (χ3n) is 2.58. The van der Waals surface area contributed by atoms with Gasteiger partial charge in [0.25, 0.3) is 0 Å². The van der Waals surface area contributed by atoms with E-state index in [1.807, 2.05) is 31.2 Å². The molecule has 1 aliphatic heterocycles. The van der Waals surface area contributed by atoms with Crippen LogP contribution in [0.25, 0.3) is 0 Å². The Kier molecular flexibility index (Phi) is 3.28. The van der Waals surface area contributed by atoms with Crippen molar-refractivity contribution in [2.45, 2.75) is 12.7 Å². The minimum absolute atomic E-state index is 0.0522. The van der Waals surface area contributed by atoms with Crippen molar-refractivity contribution in [3.63, 3.8) is 0 Å².